The SMILES string of the molecule is CC1(C)CCCCC1NC1CC1(C)C. The molecule has 2 saturated carbocycles. The molecule has 2 aliphatic rings. The predicted molar refractivity (Wildman–Crippen MR) is 61.4 cm³/mol. The van der Waals surface area contributed by atoms with E-state index in [9.17, 15) is 0 Å². The summed E-state index contributed by atoms with van der Waals surface area (Å²) >= 11 is 0. The highest BCUT2D eigenvalue weighted by Crippen LogP contribution is 2.47. The zero-order chi connectivity index (χ0) is 10.4. The van der Waals surface area contributed by atoms with Crippen LogP contribution in [0, 0.1) is 10.8 Å². The first-order valence-electron chi connectivity index (χ1n) is 6.18. The van der Waals surface area contributed by atoms with Gasteiger partial charge < -0.3 is 5.32 Å². The summed E-state index contributed by atoms with van der Waals surface area (Å²) in [6.45, 7) is 9.61. The van der Waals surface area contributed by atoms with Crippen molar-refractivity contribution in [3.05, 3.63) is 0 Å². The Morgan fingerprint density at radius 2 is 1.57 bits per heavy atom. The van der Waals surface area contributed by atoms with Gasteiger partial charge in [-0.3, -0.25) is 0 Å². The highest BCUT2D eigenvalue weighted by molar-refractivity contribution is 5.04. The van der Waals surface area contributed by atoms with Crippen molar-refractivity contribution in [2.24, 2.45) is 10.8 Å². The molecule has 0 amide bonds. The van der Waals surface area contributed by atoms with Crippen LogP contribution in [0.5, 0.6) is 0 Å². The minimum Gasteiger partial charge on any atom is -0.310 e. The van der Waals surface area contributed by atoms with E-state index >= 15 is 0 Å². The lowest BCUT2D eigenvalue weighted by molar-refractivity contribution is 0.162. The van der Waals surface area contributed by atoms with Crippen molar-refractivity contribution in [1.29, 1.82) is 0 Å². The number of hydrogen-bond acceptors (Lipinski definition) is 1. The largest absolute Gasteiger partial charge is 0.310 e. The van der Waals surface area contributed by atoms with Gasteiger partial charge in [0.2, 0.25) is 0 Å². The van der Waals surface area contributed by atoms with Gasteiger partial charge in [0.05, 0.1) is 0 Å². The molecule has 1 N–H and O–H groups in total. The lowest BCUT2D eigenvalue weighted by atomic mass is 9.73. The molecule has 0 heterocycles. The van der Waals surface area contributed by atoms with Crippen molar-refractivity contribution >= 4 is 0 Å². The molecule has 2 aliphatic carbocycles. The second-order valence-corrected chi connectivity index (χ2v) is 6.70. The minimum absolute atomic E-state index is 0.525. The topological polar surface area (TPSA) is 12.0 Å². The van der Waals surface area contributed by atoms with Crippen molar-refractivity contribution in [2.45, 2.75) is 71.9 Å². The second-order valence-electron chi connectivity index (χ2n) is 6.70. The lowest BCUT2D eigenvalue weighted by Gasteiger charge is -2.39. The van der Waals surface area contributed by atoms with E-state index in [1.807, 2.05) is 0 Å². The van der Waals surface area contributed by atoms with Crippen LogP contribution in [0.3, 0.4) is 0 Å². The Morgan fingerprint density at radius 3 is 2.07 bits per heavy atom. The first-order valence-corrected chi connectivity index (χ1v) is 6.18. The molecule has 0 bridgehead atoms. The molecule has 1 nitrogen and oxygen atoms in total. The van der Waals surface area contributed by atoms with Crippen molar-refractivity contribution in [3.8, 4) is 0 Å². The molecular formula is C13H25N. The zero-order valence-electron chi connectivity index (χ0n) is 10.2. The third-order valence-corrected chi connectivity index (χ3v) is 4.42. The molecule has 82 valence electrons. The summed E-state index contributed by atoms with van der Waals surface area (Å²) in [5.41, 5.74) is 1.10. The minimum atomic E-state index is 0.525. The van der Waals surface area contributed by atoms with E-state index in [2.05, 4.69) is 33.0 Å². The van der Waals surface area contributed by atoms with Crippen LogP contribution in [-0.2, 0) is 0 Å². The quantitative estimate of drug-likeness (QED) is 0.712. The first-order chi connectivity index (χ1) is 6.42. The second kappa shape index (κ2) is 3.23. The molecule has 2 unspecified atom stereocenters. The molecule has 14 heavy (non-hydrogen) atoms. The molecule has 0 radical (unpaired) electrons. The van der Waals surface area contributed by atoms with E-state index < -0.39 is 0 Å². The first kappa shape index (κ1) is 10.5. The summed E-state index contributed by atoms with van der Waals surface area (Å²) < 4.78 is 0. The van der Waals surface area contributed by atoms with Gasteiger partial charge in [0.25, 0.3) is 0 Å². The monoisotopic (exact) mass is 195 g/mol. The summed E-state index contributed by atoms with van der Waals surface area (Å²) in [7, 11) is 0. The molecular weight excluding hydrogens is 170 g/mol. The Bertz CT molecular complexity index is 217. The highest BCUT2D eigenvalue weighted by atomic mass is 15.0. The van der Waals surface area contributed by atoms with Gasteiger partial charge in [0.15, 0.2) is 0 Å². The van der Waals surface area contributed by atoms with E-state index in [1.54, 1.807) is 0 Å². The van der Waals surface area contributed by atoms with Gasteiger partial charge in [0, 0.05) is 12.1 Å². The summed E-state index contributed by atoms with van der Waals surface area (Å²) in [6, 6.07) is 1.56. The molecule has 0 aromatic carbocycles. The Kier molecular flexibility index (Phi) is 2.42. The van der Waals surface area contributed by atoms with Crippen molar-refractivity contribution in [2.75, 3.05) is 0 Å². The van der Waals surface area contributed by atoms with Gasteiger partial charge >= 0.3 is 0 Å². The Morgan fingerprint density at radius 1 is 0.929 bits per heavy atom. The molecule has 1 heteroatoms. The van der Waals surface area contributed by atoms with Gasteiger partial charge in [0.1, 0.15) is 0 Å². The normalized spacial score (nSPS) is 39.4. The van der Waals surface area contributed by atoms with Gasteiger partial charge in [-0.1, -0.05) is 40.5 Å². The maximum atomic E-state index is 3.87. The Balaban J connectivity index is 1.90. The number of nitrogens with one attached hydrogen (secondary N) is 1. The molecule has 0 aromatic heterocycles. The molecule has 0 spiro atoms. The molecule has 0 aromatic rings. The van der Waals surface area contributed by atoms with Gasteiger partial charge in [-0.2, -0.15) is 0 Å². The van der Waals surface area contributed by atoms with Crippen LogP contribution in [0.2, 0.25) is 0 Å². The van der Waals surface area contributed by atoms with Crippen molar-refractivity contribution in [3.63, 3.8) is 0 Å². The van der Waals surface area contributed by atoms with Crippen LogP contribution in [0.15, 0.2) is 0 Å². The lowest BCUT2D eigenvalue weighted by Crippen LogP contribution is -2.46. The third kappa shape index (κ3) is 1.98. The fourth-order valence-electron chi connectivity index (χ4n) is 2.80. The smallest absolute Gasteiger partial charge is 0.0127 e. The van der Waals surface area contributed by atoms with Crippen LogP contribution in [0.25, 0.3) is 0 Å². The predicted octanol–water partition coefficient (Wildman–Crippen LogP) is 3.34. The third-order valence-electron chi connectivity index (χ3n) is 4.42. The molecule has 2 fully saturated rings. The number of hydrogen-bond donors (Lipinski definition) is 1. The van der Waals surface area contributed by atoms with Gasteiger partial charge in [-0.15, -0.1) is 0 Å². The number of rotatable bonds is 2. The molecule has 0 saturated heterocycles. The Labute approximate surface area is 88.7 Å². The summed E-state index contributed by atoms with van der Waals surface area (Å²) in [5, 5.41) is 3.87. The van der Waals surface area contributed by atoms with Crippen LogP contribution in [0.4, 0.5) is 0 Å². The van der Waals surface area contributed by atoms with E-state index in [4.69, 9.17) is 0 Å². The molecule has 2 atom stereocenters. The van der Waals surface area contributed by atoms with Crippen LogP contribution < -0.4 is 5.32 Å². The standard InChI is InChI=1S/C13H25N/c1-12(2)8-6-5-7-10(12)14-11-9-13(11,3)4/h10-11,14H,5-9H2,1-4H3. The fourth-order valence-corrected chi connectivity index (χ4v) is 2.80. The van der Waals surface area contributed by atoms with E-state index in [0.29, 0.717) is 10.8 Å². The molecule has 2 rings (SSSR count). The maximum absolute atomic E-state index is 3.87. The summed E-state index contributed by atoms with van der Waals surface area (Å²) in [5.74, 6) is 0. The fraction of sp³-hybridized carbons (Fsp3) is 1.00. The molecule has 0 aliphatic heterocycles. The van der Waals surface area contributed by atoms with Gasteiger partial charge in [-0.05, 0) is 30.1 Å². The van der Waals surface area contributed by atoms with Crippen LogP contribution in [-0.4, -0.2) is 12.1 Å². The van der Waals surface area contributed by atoms with Crippen LogP contribution in [0.1, 0.15) is 59.8 Å². The van der Waals surface area contributed by atoms with Crippen molar-refractivity contribution < 1.29 is 0 Å². The summed E-state index contributed by atoms with van der Waals surface area (Å²) in [4.78, 5) is 0. The van der Waals surface area contributed by atoms with E-state index in [1.165, 1.54) is 32.1 Å². The van der Waals surface area contributed by atoms with Gasteiger partial charge in [-0.25, -0.2) is 0 Å². The zero-order valence-corrected chi connectivity index (χ0v) is 10.2. The van der Waals surface area contributed by atoms with E-state index in [-0.39, 0.29) is 0 Å². The Hall–Kier alpha value is -0.0400. The average molecular weight is 195 g/mol. The summed E-state index contributed by atoms with van der Waals surface area (Å²) in [6.07, 6.45) is 7.02. The average Bonchev–Trinajstić information content (AvgIpc) is 2.63. The van der Waals surface area contributed by atoms with Crippen LogP contribution >= 0.6 is 0 Å². The maximum Gasteiger partial charge on any atom is 0.0127 e. The van der Waals surface area contributed by atoms with E-state index in [0.717, 1.165) is 12.1 Å². The highest BCUT2D eigenvalue weighted by Gasteiger charge is 2.48. The van der Waals surface area contributed by atoms with Crippen molar-refractivity contribution in [1.82, 2.24) is 5.32 Å².